The van der Waals surface area contributed by atoms with E-state index in [4.69, 9.17) is 5.11 Å². The van der Waals surface area contributed by atoms with Gasteiger partial charge in [0.2, 0.25) is 5.91 Å². The predicted molar refractivity (Wildman–Crippen MR) is 51.6 cm³/mol. The molecule has 0 fully saturated rings. The van der Waals surface area contributed by atoms with Crippen LogP contribution in [-0.2, 0) is 4.79 Å². The third-order valence-electron chi connectivity index (χ3n) is 1.29. The van der Waals surface area contributed by atoms with Gasteiger partial charge in [-0.05, 0) is 6.92 Å². The molecule has 5 nitrogen and oxygen atoms in total. The number of rotatable bonds is 4. The number of carbonyl (C=O) groups is 2. The largest absolute Gasteiger partial charge is 0.396 e. The maximum Gasteiger partial charge on any atom is 0.321 e. The maximum atomic E-state index is 11.1. The molecule has 13 heavy (non-hydrogen) atoms. The van der Waals surface area contributed by atoms with Crippen molar-refractivity contribution in [3.63, 3.8) is 0 Å². The third-order valence-corrected chi connectivity index (χ3v) is 2.42. The molecule has 0 aromatic heterocycles. The van der Waals surface area contributed by atoms with E-state index >= 15 is 0 Å². The fraction of sp³-hybridized carbons (Fsp3) is 0.714. The Hall–Kier alpha value is -0.750. The van der Waals surface area contributed by atoms with Gasteiger partial charge >= 0.3 is 6.03 Å². The van der Waals surface area contributed by atoms with Crippen LogP contribution in [0.5, 0.6) is 0 Å². The molecule has 0 heterocycles. The predicted octanol–water partition coefficient (Wildman–Crippen LogP) is -0.444. The summed E-state index contributed by atoms with van der Waals surface area (Å²) in [6, 6.07) is -0.513. The molecule has 0 aliphatic rings. The normalized spacial score (nSPS) is 11.9. The number of carbonyl (C=O) groups excluding carboxylic acids is 2. The Bertz CT molecular complexity index is 187. The lowest BCUT2D eigenvalue weighted by atomic mass is 10.4. The molecule has 0 saturated heterocycles. The lowest BCUT2D eigenvalue weighted by Crippen LogP contribution is -2.41. The second-order valence-corrected chi connectivity index (χ2v) is 3.75. The highest BCUT2D eigenvalue weighted by molar-refractivity contribution is 8.00. The number of aliphatic hydroxyl groups is 1. The standard InChI is InChI=1S/C7H14N2O3S/c1-5(13-4-3-10)6(11)9-7(12)8-2/h5,10H,3-4H2,1-2H3,(H2,8,9,11,12). The minimum atomic E-state index is -0.513. The molecule has 0 aromatic carbocycles. The van der Waals surface area contributed by atoms with Crippen molar-refractivity contribution in [3.8, 4) is 0 Å². The van der Waals surface area contributed by atoms with Crippen molar-refractivity contribution in [1.29, 1.82) is 0 Å². The van der Waals surface area contributed by atoms with Gasteiger partial charge in [-0.2, -0.15) is 0 Å². The molecule has 0 aliphatic carbocycles. The van der Waals surface area contributed by atoms with Crippen molar-refractivity contribution in [2.45, 2.75) is 12.2 Å². The number of hydrogen-bond donors (Lipinski definition) is 3. The van der Waals surface area contributed by atoms with Gasteiger partial charge in [0, 0.05) is 12.8 Å². The summed E-state index contributed by atoms with van der Waals surface area (Å²) in [6.07, 6.45) is 0. The van der Waals surface area contributed by atoms with Crippen LogP contribution in [0, 0.1) is 0 Å². The summed E-state index contributed by atoms with van der Waals surface area (Å²) < 4.78 is 0. The average molecular weight is 206 g/mol. The quantitative estimate of drug-likeness (QED) is 0.582. The summed E-state index contributed by atoms with van der Waals surface area (Å²) in [5, 5.41) is 12.6. The van der Waals surface area contributed by atoms with Gasteiger partial charge in [-0.15, -0.1) is 11.8 Å². The molecule has 3 N–H and O–H groups in total. The van der Waals surface area contributed by atoms with Crippen molar-refractivity contribution in [3.05, 3.63) is 0 Å². The second kappa shape index (κ2) is 6.73. The number of aliphatic hydroxyl groups excluding tert-OH is 1. The first-order valence-electron chi connectivity index (χ1n) is 3.86. The third kappa shape index (κ3) is 5.48. The Morgan fingerprint density at radius 3 is 2.62 bits per heavy atom. The Kier molecular flexibility index (Phi) is 6.34. The van der Waals surface area contributed by atoms with E-state index in [0.717, 1.165) is 0 Å². The van der Waals surface area contributed by atoms with Crippen LogP contribution in [0.3, 0.4) is 0 Å². The molecule has 0 saturated carbocycles. The number of hydrogen-bond acceptors (Lipinski definition) is 4. The Morgan fingerprint density at radius 2 is 2.15 bits per heavy atom. The molecule has 3 amide bonds. The van der Waals surface area contributed by atoms with Gasteiger partial charge in [-0.25, -0.2) is 4.79 Å². The lowest BCUT2D eigenvalue weighted by molar-refractivity contribution is -0.119. The van der Waals surface area contributed by atoms with E-state index in [0.29, 0.717) is 5.75 Å². The van der Waals surface area contributed by atoms with Crippen molar-refractivity contribution in [1.82, 2.24) is 10.6 Å². The van der Waals surface area contributed by atoms with E-state index in [1.54, 1.807) is 6.92 Å². The first-order chi connectivity index (χ1) is 6.11. The summed E-state index contributed by atoms with van der Waals surface area (Å²) in [6.45, 7) is 1.71. The highest BCUT2D eigenvalue weighted by Gasteiger charge is 2.14. The topological polar surface area (TPSA) is 78.4 Å². The van der Waals surface area contributed by atoms with Crippen LogP contribution in [0.25, 0.3) is 0 Å². The van der Waals surface area contributed by atoms with E-state index < -0.39 is 6.03 Å². The lowest BCUT2D eigenvalue weighted by Gasteiger charge is -2.09. The molecule has 0 radical (unpaired) electrons. The molecular formula is C7H14N2O3S. The first-order valence-corrected chi connectivity index (χ1v) is 4.91. The SMILES string of the molecule is CNC(=O)NC(=O)C(C)SCCO. The first kappa shape index (κ1) is 12.2. The van der Waals surface area contributed by atoms with Crippen molar-refractivity contribution >= 4 is 23.7 Å². The Balaban J connectivity index is 3.75. The van der Waals surface area contributed by atoms with Gasteiger partial charge < -0.3 is 10.4 Å². The van der Waals surface area contributed by atoms with E-state index in [9.17, 15) is 9.59 Å². The van der Waals surface area contributed by atoms with E-state index in [2.05, 4.69) is 10.6 Å². The fourth-order valence-electron chi connectivity index (χ4n) is 0.581. The van der Waals surface area contributed by atoms with E-state index in [-0.39, 0.29) is 17.8 Å². The zero-order chi connectivity index (χ0) is 10.3. The van der Waals surface area contributed by atoms with E-state index in [1.807, 2.05) is 0 Å². The minimum Gasteiger partial charge on any atom is -0.396 e. The van der Waals surface area contributed by atoms with Crippen LogP contribution < -0.4 is 10.6 Å². The zero-order valence-corrected chi connectivity index (χ0v) is 8.48. The number of amides is 3. The molecule has 1 atom stereocenters. The van der Waals surface area contributed by atoms with Crippen LogP contribution >= 0.6 is 11.8 Å². The smallest absolute Gasteiger partial charge is 0.321 e. The molecule has 0 spiro atoms. The number of imide groups is 1. The molecule has 0 bridgehead atoms. The summed E-state index contributed by atoms with van der Waals surface area (Å²) in [5.74, 6) is 0.139. The highest BCUT2D eigenvalue weighted by Crippen LogP contribution is 2.08. The molecule has 76 valence electrons. The van der Waals surface area contributed by atoms with Gasteiger partial charge in [-0.3, -0.25) is 10.1 Å². The van der Waals surface area contributed by atoms with Gasteiger partial charge in [0.05, 0.1) is 11.9 Å². The Labute approximate surface area is 81.3 Å². The number of urea groups is 1. The molecule has 1 unspecified atom stereocenters. The van der Waals surface area contributed by atoms with Crippen molar-refractivity contribution < 1.29 is 14.7 Å². The van der Waals surface area contributed by atoms with Gasteiger partial charge in [-0.1, -0.05) is 0 Å². The number of thioether (sulfide) groups is 1. The molecule has 0 rings (SSSR count). The van der Waals surface area contributed by atoms with Crippen LogP contribution in [0.2, 0.25) is 0 Å². The van der Waals surface area contributed by atoms with Crippen LogP contribution in [-0.4, -0.2) is 41.7 Å². The summed E-state index contributed by atoms with van der Waals surface area (Å²) in [5.41, 5.74) is 0. The average Bonchev–Trinajstić information content (AvgIpc) is 2.13. The molecule has 0 aromatic rings. The Morgan fingerprint density at radius 1 is 1.54 bits per heavy atom. The zero-order valence-electron chi connectivity index (χ0n) is 7.66. The summed E-state index contributed by atoms with van der Waals surface area (Å²) in [4.78, 5) is 21.8. The summed E-state index contributed by atoms with van der Waals surface area (Å²) in [7, 11) is 1.44. The maximum absolute atomic E-state index is 11.1. The highest BCUT2D eigenvalue weighted by atomic mass is 32.2. The van der Waals surface area contributed by atoms with Crippen molar-refractivity contribution in [2.75, 3.05) is 19.4 Å². The fourth-order valence-corrected chi connectivity index (χ4v) is 1.25. The molecular weight excluding hydrogens is 192 g/mol. The molecule has 6 heteroatoms. The van der Waals surface area contributed by atoms with Crippen molar-refractivity contribution in [2.24, 2.45) is 0 Å². The van der Waals surface area contributed by atoms with Crippen LogP contribution in [0.15, 0.2) is 0 Å². The van der Waals surface area contributed by atoms with Crippen LogP contribution in [0.1, 0.15) is 6.92 Å². The van der Waals surface area contributed by atoms with Gasteiger partial charge in [0.1, 0.15) is 0 Å². The van der Waals surface area contributed by atoms with Gasteiger partial charge in [0.15, 0.2) is 0 Å². The van der Waals surface area contributed by atoms with Crippen LogP contribution in [0.4, 0.5) is 4.79 Å². The summed E-state index contributed by atoms with van der Waals surface area (Å²) >= 11 is 1.29. The monoisotopic (exact) mass is 206 g/mol. The minimum absolute atomic E-state index is 0.0300. The second-order valence-electron chi connectivity index (χ2n) is 2.31. The van der Waals surface area contributed by atoms with E-state index in [1.165, 1.54) is 18.8 Å². The number of nitrogens with one attached hydrogen (secondary N) is 2. The van der Waals surface area contributed by atoms with Gasteiger partial charge in [0.25, 0.3) is 0 Å². The molecule has 0 aliphatic heterocycles.